The molecule has 134 valence electrons. The van der Waals surface area contributed by atoms with Crippen LogP contribution in [0.4, 0.5) is 0 Å². The molecule has 1 aromatic heterocycles. The summed E-state index contributed by atoms with van der Waals surface area (Å²) in [5.41, 5.74) is 1.78. The number of para-hydroxylation sites is 1. The summed E-state index contributed by atoms with van der Waals surface area (Å²) in [4.78, 5) is 16.6. The van der Waals surface area contributed by atoms with Crippen LogP contribution in [0.15, 0.2) is 60.0 Å². The molecule has 3 rings (SSSR count). The maximum atomic E-state index is 12.0. The highest BCUT2D eigenvalue weighted by Crippen LogP contribution is 2.25. The van der Waals surface area contributed by atoms with Gasteiger partial charge in [-0.25, -0.2) is 4.98 Å². The number of thiazole rings is 1. The van der Waals surface area contributed by atoms with E-state index in [4.69, 9.17) is 9.47 Å². The molecule has 5 nitrogen and oxygen atoms in total. The molecule has 0 fully saturated rings. The summed E-state index contributed by atoms with van der Waals surface area (Å²) in [5, 5.41) is 5.66. The van der Waals surface area contributed by atoms with Gasteiger partial charge in [-0.2, -0.15) is 0 Å². The van der Waals surface area contributed by atoms with E-state index in [9.17, 15) is 4.79 Å². The van der Waals surface area contributed by atoms with Gasteiger partial charge in [0.05, 0.1) is 25.8 Å². The number of methoxy groups -OCH3 is 1. The number of amides is 1. The van der Waals surface area contributed by atoms with E-state index < -0.39 is 0 Å². The third kappa shape index (κ3) is 5.07. The van der Waals surface area contributed by atoms with Gasteiger partial charge in [0.1, 0.15) is 23.1 Å². The molecule has 1 heterocycles. The zero-order chi connectivity index (χ0) is 18.2. The van der Waals surface area contributed by atoms with Crippen LogP contribution in [0.25, 0.3) is 10.6 Å². The van der Waals surface area contributed by atoms with Crippen molar-refractivity contribution in [1.29, 1.82) is 0 Å². The first-order valence-electron chi connectivity index (χ1n) is 8.28. The molecule has 6 heteroatoms. The average molecular weight is 368 g/mol. The van der Waals surface area contributed by atoms with Crippen LogP contribution >= 0.6 is 11.3 Å². The SMILES string of the molecule is COc1ccc(-c2nc(CC(=O)NCCOc3ccccc3)cs2)cc1. The molecule has 3 aromatic rings. The van der Waals surface area contributed by atoms with Gasteiger partial charge >= 0.3 is 0 Å². The highest BCUT2D eigenvalue weighted by atomic mass is 32.1. The van der Waals surface area contributed by atoms with E-state index in [-0.39, 0.29) is 12.3 Å². The molecule has 1 N–H and O–H groups in total. The van der Waals surface area contributed by atoms with E-state index >= 15 is 0 Å². The number of carbonyl (C=O) groups excluding carboxylic acids is 1. The average Bonchev–Trinajstić information content (AvgIpc) is 3.14. The maximum absolute atomic E-state index is 12.0. The molecule has 0 radical (unpaired) electrons. The van der Waals surface area contributed by atoms with Crippen LogP contribution in [0.3, 0.4) is 0 Å². The summed E-state index contributed by atoms with van der Waals surface area (Å²) in [6.07, 6.45) is 0.262. The van der Waals surface area contributed by atoms with Crippen LogP contribution in [-0.4, -0.2) is 31.2 Å². The van der Waals surface area contributed by atoms with Gasteiger partial charge in [0.15, 0.2) is 0 Å². The number of nitrogens with zero attached hydrogens (tertiary/aromatic N) is 1. The Kier molecular flexibility index (Phi) is 6.22. The minimum absolute atomic E-state index is 0.0618. The highest BCUT2D eigenvalue weighted by molar-refractivity contribution is 7.13. The normalized spacial score (nSPS) is 10.3. The van der Waals surface area contributed by atoms with Gasteiger partial charge in [-0.05, 0) is 36.4 Å². The predicted molar refractivity (Wildman–Crippen MR) is 103 cm³/mol. The quantitative estimate of drug-likeness (QED) is 0.618. The van der Waals surface area contributed by atoms with E-state index in [1.165, 1.54) is 11.3 Å². The maximum Gasteiger partial charge on any atom is 0.226 e. The summed E-state index contributed by atoms with van der Waals surface area (Å²) in [7, 11) is 1.64. The molecule has 0 saturated carbocycles. The zero-order valence-corrected chi connectivity index (χ0v) is 15.3. The molecule has 0 unspecified atom stereocenters. The predicted octanol–water partition coefficient (Wildman–Crippen LogP) is 3.56. The van der Waals surface area contributed by atoms with Crippen LogP contribution in [0.5, 0.6) is 11.5 Å². The first-order chi connectivity index (χ1) is 12.7. The second-order valence-corrected chi connectivity index (χ2v) is 6.42. The monoisotopic (exact) mass is 368 g/mol. The van der Waals surface area contributed by atoms with Crippen molar-refractivity contribution < 1.29 is 14.3 Å². The molecule has 26 heavy (non-hydrogen) atoms. The number of nitrogens with one attached hydrogen (secondary N) is 1. The van der Waals surface area contributed by atoms with E-state index in [0.29, 0.717) is 13.2 Å². The van der Waals surface area contributed by atoms with Crippen molar-refractivity contribution in [3.63, 3.8) is 0 Å². The number of aromatic nitrogens is 1. The van der Waals surface area contributed by atoms with Crippen molar-refractivity contribution in [2.45, 2.75) is 6.42 Å². The summed E-state index contributed by atoms with van der Waals surface area (Å²) < 4.78 is 10.7. The van der Waals surface area contributed by atoms with Crippen LogP contribution in [0.1, 0.15) is 5.69 Å². The number of carbonyl (C=O) groups is 1. The van der Waals surface area contributed by atoms with Crippen LogP contribution in [0.2, 0.25) is 0 Å². The van der Waals surface area contributed by atoms with Gasteiger partial charge in [-0.15, -0.1) is 11.3 Å². The number of hydrogen-bond donors (Lipinski definition) is 1. The van der Waals surface area contributed by atoms with E-state index in [2.05, 4.69) is 10.3 Å². The molecule has 0 aliphatic heterocycles. The molecule has 0 aliphatic carbocycles. The van der Waals surface area contributed by atoms with Crippen molar-refractivity contribution in [3.05, 3.63) is 65.7 Å². The minimum atomic E-state index is -0.0618. The second kappa shape index (κ2) is 9.01. The molecular weight excluding hydrogens is 348 g/mol. The van der Waals surface area contributed by atoms with Gasteiger partial charge in [-0.1, -0.05) is 18.2 Å². The standard InChI is InChI=1S/C20H20N2O3S/c1-24-17-9-7-15(8-10-17)20-22-16(14-26-20)13-19(23)21-11-12-25-18-5-3-2-4-6-18/h2-10,14H,11-13H2,1H3,(H,21,23). The number of benzene rings is 2. The number of ether oxygens (including phenoxy) is 2. The number of hydrogen-bond acceptors (Lipinski definition) is 5. The lowest BCUT2D eigenvalue weighted by molar-refractivity contribution is -0.120. The van der Waals surface area contributed by atoms with E-state index in [1.807, 2.05) is 60.0 Å². The molecule has 0 aliphatic rings. The van der Waals surface area contributed by atoms with Crippen LogP contribution < -0.4 is 14.8 Å². The third-order valence-electron chi connectivity index (χ3n) is 3.67. The Morgan fingerprint density at radius 1 is 1.08 bits per heavy atom. The van der Waals surface area contributed by atoms with Gasteiger partial charge in [0, 0.05) is 10.9 Å². The number of rotatable bonds is 8. The summed E-state index contributed by atoms with van der Waals surface area (Å²) in [6.45, 7) is 0.896. The zero-order valence-electron chi connectivity index (χ0n) is 14.5. The van der Waals surface area contributed by atoms with Gasteiger partial charge in [0.2, 0.25) is 5.91 Å². The smallest absolute Gasteiger partial charge is 0.226 e. The third-order valence-corrected chi connectivity index (χ3v) is 4.61. The first kappa shape index (κ1) is 17.9. The summed E-state index contributed by atoms with van der Waals surface area (Å²) in [5.74, 6) is 1.54. The Labute approximate surface area is 156 Å². The molecule has 0 spiro atoms. The highest BCUT2D eigenvalue weighted by Gasteiger charge is 2.09. The van der Waals surface area contributed by atoms with E-state index in [0.717, 1.165) is 27.8 Å². The molecular formula is C20H20N2O3S. The van der Waals surface area contributed by atoms with Crippen molar-refractivity contribution in [2.75, 3.05) is 20.3 Å². The molecule has 0 saturated heterocycles. The Hall–Kier alpha value is -2.86. The molecule has 1 amide bonds. The lowest BCUT2D eigenvalue weighted by Crippen LogP contribution is -2.29. The fourth-order valence-electron chi connectivity index (χ4n) is 2.36. The summed E-state index contributed by atoms with van der Waals surface area (Å²) >= 11 is 1.53. The Balaban J connectivity index is 1.45. The molecule has 0 bridgehead atoms. The summed E-state index contributed by atoms with van der Waals surface area (Å²) in [6, 6.07) is 17.3. The second-order valence-electron chi connectivity index (χ2n) is 5.56. The topological polar surface area (TPSA) is 60.5 Å². The lowest BCUT2D eigenvalue weighted by atomic mass is 10.2. The lowest BCUT2D eigenvalue weighted by Gasteiger charge is -2.07. The molecule has 0 atom stereocenters. The van der Waals surface area contributed by atoms with Gasteiger partial charge in [-0.3, -0.25) is 4.79 Å². The van der Waals surface area contributed by atoms with Crippen LogP contribution in [-0.2, 0) is 11.2 Å². The Morgan fingerprint density at radius 2 is 1.85 bits per heavy atom. The fourth-order valence-corrected chi connectivity index (χ4v) is 3.18. The van der Waals surface area contributed by atoms with Gasteiger partial charge < -0.3 is 14.8 Å². The van der Waals surface area contributed by atoms with Crippen molar-refractivity contribution >= 4 is 17.2 Å². The Morgan fingerprint density at radius 3 is 2.58 bits per heavy atom. The van der Waals surface area contributed by atoms with Crippen LogP contribution in [0, 0.1) is 0 Å². The largest absolute Gasteiger partial charge is 0.497 e. The fraction of sp³-hybridized carbons (Fsp3) is 0.200. The Bertz CT molecular complexity index is 832. The van der Waals surface area contributed by atoms with E-state index in [1.54, 1.807) is 7.11 Å². The minimum Gasteiger partial charge on any atom is -0.497 e. The van der Waals surface area contributed by atoms with Crippen molar-refractivity contribution in [2.24, 2.45) is 0 Å². The van der Waals surface area contributed by atoms with Gasteiger partial charge in [0.25, 0.3) is 0 Å². The first-order valence-corrected chi connectivity index (χ1v) is 9.16. The molecule has 2 aromatic carbocycles. The van der Waals surface area contributed by atoms with Crippen molar-refractivity contribution in [3.8, 4) is 22.1 Å². The van der Waals surface area contributed by atoms with Crippen molar-refractivity contribution in [1.82, 2.24) is 10.3 Å².